The molecule has 0 spiro atoms. The molecule has 0 radical (unpaired) electrons. The molecule has 0 aliphatic carbocycles. The zero-order valence-electron chi connectivity index (χ0n) is 13.7. The lowest BCUT2D eigenvalue weighted by Gasteiger charge is -2.00. The van der Waals surface area contributed by atoms with Crippen LogP contribution in [0.4, 0.5) is 5.69 Å². The van der Waals surface area contributed by atoms with E-state index in [1.165, 1.54) is 10.9 Å². The number of aromatic nitrogens is 4. The molecule has 130 valence electrons. The third-order valence-electron chi connectivity index (χ3n) is 4.04. The molecule has 26 heavy (non-hydrogen) atoms. The van der Waals surface area contributed by atoms with Gasteiger partial charge in [0.15, 0.2) is 0 Å². The average molecular weight is 368 g/mol. The van der Waals surface area contributed by atoms with Crippen molar-refractivity contribution in [3.8, 4) is 5.69 Å². The van der Waals surface area contributed by atoms with Crippen molar-refractivity contribution in [3.05, 3.63) is 79.6 Å². The summed E-state index contributed by atoms with van der Waals surface area (Å²) in [6, 6.07) is 12.2. The van der Waals surface area contributed by atoms with Crippen molar-refractivity contribution in [2.24, 2.45) is 4.99 Å². The van der Waals surface area contributed by atoms with E-state index in [9.17, 15) is 9.59 Å². The zero-order chi connectivity index (χ0) is 18.3. The molecule has 4 aromatic rings. The summed E-state index contributed by atoms with van der Waals surface area (Å²) in [6.07, 6.45) is 1.52. The quantitative estimate of drug-likeness (QED) is 0.485. The maximum atomic E-state index is 12.7. The number of aryl methyl sites for hydroxylation is 1. The summed E-state index contributed by atoms with van der Waals surface area (Å²) in [6.45, 7) is 1.81. The highest BCUT2D eigenvalue weighted by atomic mass is 35.5. The first-order valence-corrected chi connectivity index (χ1v) is 8.23. The molecule has 0 aliphatic rings. The second kappa shape index (κ2) is 6.20. The van der Waals surface area contributed by atoms with E-state index in [-0.39, 0.29) is 11.2 Å². The van der Waals surface area contributed by atoms with Crippen LogP contribution in [0.1, 0.15) is 11.3 Å². The Morgan fingerprint density at radius 3 is 2.54 bits per heavy atom. The number of nitrogens with zero attached hydrogens (tertiary/aromatic N) is 2. The number of nitrogens with one attached hydrogen (secondary N) is 3. The van der Waals surface area contributed by atoms with Gasteiger partial charge in [-0.3, -0.25) is 14.9 Å². The summed E-state index contributed by atoms with van der Waals surface area (Å²) in [5.41, 5.74) is 3.37. The average Bonchev–Trinajstić information content (AvgIpc) is 3.12. The van der Waals surface area contributed by atoms with Crippen molar-refractivity contribution in [3.63, 3.8) is 0 Å². The number of halogens is 1. The molecule has 0 amide bonds. The van der Waals surface area contributed by atoms with Crippen LogP contribution in [-0.2, 0) is 0 Å². The van der Waals surface area contributed by atoms with Crippen LogP contribution in [0, 0.1) is 6.92 Å². The summed E-state index contributed by atoms with van der Waals surface area (Å²) < 4.78 is 1.44. The van der Waals surface area contributed by atoms with Gasteiger partial charge in [-0.15, -0.1) is 0 Å². The second-order valence-corrected chi connectivity index (χ2v) is 6.27. The molecule has 0 aliphatic heterocycles. The van der Waals surface area contributed by atoms with Gasteiger partial charge in [0.2, 0.25) is 0 Å². The molecule has 0 saturated heterocycles. The highest BCUT2D eigenvalue weighted by Crippen LogP contribution is 2.17. The van der Waals surface area contributed by atoms with Crippen molar-refractivity contribution < 1.29 is 0 Å². The molecule has 2 heterocycles. The molecule has 0 fully saturated rings. The predicted molar refractivity (Wildman–Crippen MR) is 102 cm³/mol. The van der Waals surface area contributed by atoms with Crippen LogP contribution in [0.2, 0.25) is 5.02 Å². The number of aliphatic imine (C=N–C) groups is 1. The summed E-state index contributed by atoms with van der Waals surface area (Å²) >= 11 is 5.89. The molecule has 7 nitrogen and oxygen atoms in total. The molecule has 4 rings (SSSR count). The summed E-state index contributed by atoms with van der Waals surface area (Å²) in [5.74, 6) is 0. The van der Waals surface area contributed by atoms with Crippen molar-refractivity contribution in [2.45, 2.75) is 6.92 Å². The van der Waals surface area contributed by atoms with Crippen molar-refractivity contribution in [1.29, 1.82) is 0 Å². The normalized spacial score (nSPS) is 11.6. The van der Waals surface area contributed by atoms with Gasteiger partial charge in [0.1, 0.15) is 0 Å². The van der Waals surface area contributed by atoms with Crippen LogP contribution in [0.15, 0.2) is 57.0 Å². The Kier molecular flexibility index (Phi) is 3.85. The number of hydrogen-bond acceptors (Lipinski definition) is 3. The van der Waals surface area contributed by atoms with Gasteiger partial charge in [-0.25, -0.2) is 9.48 Å². The topological polar surface area (TPSA) is 98.8 Å². The Morgan fingerprint density at radius 1 is 1.04 bits per heavy atom. The van der Waals surface area contributed by atoms with Gasteiger partial charge >= 0.3 is 5.69 Å². The fourth-order valence-electron chi connectivity index (χ4n) is 2.72. The van der Waals surface area contributed by atoms with E-state index >= 15 is 0 Å². The second-order valence-electron chi connectivity index (χ2n) is 5.83. The largest absolute Gasteiger partial charge is 0.323 e. The molecule has 0 bridgehead atoms. The Bertz CT molecular complexity index is 1240. The van der Waals surface area contributed by atoms with Crippen LogP contribution in [0.25, 0.3) is 16.7 Å². The number of aromatic amines is 3. The number of benzene rings is 2. The smallest absolute Gasteiger partial charge is 0.306 e. The first kappa shape index (κ1) is 16.2. The molecule has 0 atom stereocenters. The van der Waals surface area contributed by atoms with Crippen LogP contribution < -0.4 is 11.2 Å². The standard InChI is InChI=1S/C18H14ClN5O2/c1-10-14(17(25)24(23-10)13-5-2-11(19)3-6-13)9-20-12-4-7-15-16(8-12)22-18(26)21-15/h2-9,23H,1H3,(H2,21,22,26). The van der Waals surface area contributed by atoms with E-state index in [2.05, 4.69) is 20.1 Å². The monoisotopic (exact) mass is 367 g/mol. The fraction of sp³-hybridized carbons (Fsp3) is 0.0556. The number of H-pyrrole nitrogens is 3. The minimum absolute atomic E-state index is 0.204. The predicted octanol–water partition coefficient (Wildman–Crippen LogP) is 3.05. The summed E-state index contributed by atoms with van der Waals surface area (Å²) in [7, 11) is 0. The Hall–Kier alpha value is -3.32. The molecule has 2 aromatic carbocycles. The maximum absolute atomic E-state index is 12.7. The SMILES string of the molecule is Cc1[nH]n(-c2ccc(Cl)cc2)c(=O)c1C=Nc1ccc2[nH]c(=O)[nH]c2c1. The summed E-state index contributed by atoms with van der Waals surface area (Å²) in [5, 5.41) is 3.64. The van der Waals surface area contributed by atoms with Gasteiger partial charge in [0, 0.05) is 16.9 Å². The first-order valence-electron chi connectivity index (χ1n) is 7.85. The lowest BCUT2D eigenvalue weighted by atomic mass is 10.2. The molecule has 0 saturated carbocycles. The van der Waals surface area contributed by atoms with Crippen molar-refractivity contribution in [2.75, 3.05) is 0 Å². The maximum Gasteiger partial charge on any atom is 0.323 e. The highest BCUT2D eigenvalue weighted by Gasteiger charge is 2.10. The third kappa shape index (κ3) is 2.89. The number of imidazole rings is 1. The van der Waals surface area contributed by atoms with E-state index in [0.29, 0.717) is 38.7 Å². The van der Waals surface area contributed by atoms with E-state index in [0.717, 1.165) is 0 Å². The molecule has 2 aromatic heterocycles. The van der Waals surface area contributed by atoms with E-state index in [1.807, 2.05) is 6.92 Å². The molecule has 3 N–H and O–H groups in total. The Balaban J connectivity index is 1.71. The lowest BCUT2D eigenvalue weighted by Crippen LogP contribution is -2.17. The minimum atomic E-state index is -0.270. The van der Waals surface area contributed by atoms with E-state index in [1.54, 1.807) is 42.5 Å². The van der Waals surface area contributed by atoms with Gasteiger partial charge in [-0.1, -0.05) is 11.6 Å². The number of hydrogen-bond donors (Lipinski definition) is 3. The van der Waals surface area contributed by atoms with E-state index in [4.69, 9.17) is 11.6 Å². The van der Waals surface area contributed by atoms with Crippen molar-refractivity contribution >= 4 is 34.5 Å². The molecule has 0 unspecified atom stereocenters. The van der Waals surface area contributed by atoms with Crippen LogP contribution in [0.3, 0.4) is 0 Å². The first-order chi connectivity index (χ1) is 12.5. The van der Waals surface area contributed by atoms with Gasteiger partial charge in [0.25, 0.3) is 5.56 Å². The Morgan fingerprint density at radius 2 is 1.77 bits per heavy atom. The number of rotatable bonds is 3. The third-order valence-corrected chi connectivity index (χ3v) is 4.30. The van der Waals surface area contributed by atoms with Crippen LogP contribution in [-0.4, -0.2) is 26.0 Å². The lowest BCUT2D eigenvalue weighted by molar-refractivity contribution is 0.835. The minimum Gasteiger partial charge on any atom is -0.306 e. The number of fused-ring (bicyclic) bond motifs is 1. The molecular weight excluding hydrogens is 354 g/mol. The molecular formula is C18H14ClN5O2. The van der Waals surface area contributed by atoms with Crippen LogP contribution >= 0.6 is 11.6 Å². The van der Waals surface area contributed by atoms with Gasteiger partial charge in [-0.05, 0) is 49.4 Å². The van der Waals surface area contributed by atoms with Gasteiger partial charge < -0.3 is 9.97 Å². The van der Waals surface area contributed by atoms with Crippen LogP contribution in [0.5, 0.6) is 0 Å². The van der Waals surface area contributed by atoms with Gasteiger partial charge in [0.05, 0.1) is 28.0 Å². The van der Waals surface area contributed by atoms with Crippen molar-refractivity contribution in [1.82, 2.24) is 19.7 Å². The van der Waals surface area contributed by atoms with Gasteiger partial charge in [-0.2, -0.15) is 0 Å². The zero-order valence-corrected chi connectivity index (χ0v) is 14.5. The summed E-state index contributed by atoms with van der Waals surface area (Å²) in [4.78, 5) is 33.7. The highest BCUT2D eigenvalue weighted by molar-refractivity contribution is 6.30. The van der Waals surface area contributed by atoms with E-state index < -0.39 is 0 Å². The fourth-order valence-corrected chi connectivity index (χ4v) is 2.85. The Labute approximate surface area is 152 Å². The molecule has 8 heteroatoms.